The minimum Gasteiger partial charge on any atom is -0.392 e. The summed E-state index contributed by atoms with van der Waals surface area (Å²) in [4.78, 5) is 0. The van der Waals surface area contributed by atoms with Crippen LogP contribution < -0.4 is 0 Å². The average Bonchev–Trinajstić information content (AvgIpc) is 2.89. The Morgan fingerprint density at radius 3 is 1.56 bits per heavy atom. The van der Waals surface area contributed by atoms with Crippen molar-refractivity contribution in [2.24, 2.45) is 17.3 Å². The number of hydrogen-bond acceptors (Lipinski definition) is 2. The maximum atomic E-state index is 11.0. The van der Waals surface area contributed by atoms with Crippen LogP contribution in [-0.2, 0) is 0 Å². The largest absolute Gasteiger partial charge is 0.392 e. The summed E-state index contributed by atoms with van der Waals surface area (Å²) in [5.41, 5.74) is 2.91. The number of aliphatic hydroxyl groups is 2. The smallest absolute Gasteiger partial charge is 0.0608 e. The van der Waals surface area contributed by atoms with Crippen LogP contribution in [0, 0.1) is 17.3 Å². The lowest BCUT2D eigenvalue weighted by Gasteiger charge is -2.53. The molecule has 4 rings (SSSR count). The standard InChI is InChI=1S/C32H46O2/c1-3-5-12-21-32(4-2,26-17-19-30(33)28(22-26)24-13-8-6-9-14-24)27-18-20-31(34)29(23-27)25-15-10-7-11-16-25/h6-11,13-16,26-31,33-34H,3-5,12,17-23H2,1-2H3. The van der Waals surface area contributed by atoms with Crippen LogP contribution in [0.5, 0.6) is 0 Å². The Labute approximate surface area is 207 Å². The van der Waals surface area contributed by atoms with Crippen molar-refractivity contribution in [3.63, 3.8) is 0 Å². The molecule has 0 radical (unpaired) electrons. The molecule has 6 unspecified atom stereocenters. The lowest BCUT2D eigenvalue weighted by atomic mass is 9.53. The SMILES string of the molecule is CCCCCC(CC)(C1CCC(O)C(c2ccccc2)C1)C1CCC(O)C(c2ccccc2)C1. The molecule has 0 spiro atoms. The van der Waals surface area contributed by atoms with Crippen molar-refractivity contribution >= 4 is 0 Å². The van der Waals surface area contributed by atoms with E-state index in [1.807, 2.05) is 0 Å². The van der Waals surface area contributed by atoms with Crippen LogP contribution in [0.2, 0.25) is 0 Å². The normalized spacial score (nSPS) is 31.6. The van der Waals surface area contributed by atoms with Gasteiger partial charge in [0.15, 0.2) is 0 Å². The molecule has 2 N–H and O–H groups in total. The van der Waals surface area contributed by atoms with Gasteiger partial charge in [-0.1, -0.05) is 93.8 Å². The van der Waals surface area contributed by atoms with Crippen LogP contribution >= 0.6 is 0 Å². The van der Waals surface area contributed by atoms with E-state index in [4.69, 9.17) is 0 Å². The van der Waals surface area contributed by atoms with Crippen molar-refractivity contribution < 1.29 is 10.2 Å². The molecule has 2 aliphatic carbocycles. The molecule has 2 aromatic rings. The molecule has 186 valence electrons. The van der Waals surface area contributed by atoms with E-state index in [0.717, 1.165) is 38.5 Å². The molecule has 6 atom stereocenters. The molecule has 2 fully saturated rings. The van der Waals surface area contributed by atoms with Gasteiger partial charge in [0.2, 0.25) is 0 Å². The van der Waals surface area contributed by atoms with Crippen molar-refractivity contribution in [3.05, 3.63) is 71.8 Å². The summed E-state index contributed by atoms with van der Waals surface area (Å²) in [6, 6.07) is 21.5. The molecule has 2 nitrogen and oxygen atoms in total. The molecule has 2 heteroatoms. The Balaban J connectivity index is 1.63. The second-order valence-corrected chi connectivity index (χ2v) is 11.2. The topological polar surface area (TPSA) is 40.5 Å². The Bertz CT molecular complexity index is 784. The summed E-state index contributed by atoms with van der Waals surface area (Å²) in [7, 11) is 0. The highest BCUT2D eigenvalue weighted by atomic mass is 16.3. The number of unbranched alkanes of at least 4 members (excludes halogenated alkanes) is 2. The van der Waals surface area contributed by atoms with E-state index in [9.17, 15) is 10.2 Å². The molecule has 0 heterocycles. The molecule has 0 saturated heterocycles. The van der Waals surface area contributed by atoms with Gasteiger partial charge in [0.1, 0.15) is 0 Å². The predicted octanol–water partition coefficient (Wildman–Crippen LogP) is 7.85. The van der Waals surface area contributed by atoms with Crippen molar-refractivity contribution in [1.82, 2.24) is 0 Å². The van der Waals surface area contributed by atoms with Gasteiger partial charge in [0, 0.05) is 11.8 Å². The molecule has 2 aromatic carbocycles. The molecule has 34 heavy (non-hydrogen) atoms. The average molecular weight is 463 g/mol. The van der Waals surface area contributed by atoms with E-state index in [1.165, 1.54) is 43.2 Å². The Morgan fingerprint density at radius 1 is 0.676 bits per heavy atom. The molecule has 0 aromatic heterocycles. The molecule has 0 amide bonds. The van der Waals surface area contributed by atoms with Crippen LogP contribution in [-0.4, -0.2) is 22.4 Å². The lowest BCUT2D eigenvalue weighted by molar-refractivity contribution is -0.0436. The molecule has 0 aliphatic heterocycles. The lowest BCUT2D eigenvalue weighted by Crippen LogP contribution is -2.45. The summed E-state index contributed by atoms with van der Waals surface area (Å²) in [5, 5.41) is 22.0. The number of aliphatic hydroxyl groups excluding tert-OH is 2. The van der Waals surface area contributed by atoms with Gasteiger partial charge in [0.05, 0.1) is 12.2 Å². The summed E-state index contributed by atoms with van der Waals surface area (Å²) < 4.78 is 0. The van der Waals surface area contributed by atoms with Crippen LogP contribution in [0.25, 0.3) is 0 Å². The minimum atomic E-state index is -0.228. The Morgan fingerprint density at radius 2 is 1.15 bits per heavy atom. The first-order valence-electron chi connectivity index (χ1n) is 14.0. The van der Waals surface area contributed by atoms with E-state index in [0.29, 0.717) is 17.3 Å². The first-order chi connectivity index (χ1) is 16.6. The van der Waals surface area contributed by atoms with E-state index >= 15 is 0 Å². The fourth-order valence-corrected chi connectivity index (χ4v) is 7.67. The third-order valence-corrected chi connectivity index (χ3v) is 9.61. The summed E-state index contributed by atoms with van der Waals surface area (Å²) in [5.74, 6) is 1.77. The first-order valence-corrected chi connectivity index (χ1v) is 14.0. The summed E-state index contributed by atoms with van der Waals surface area (Å²) in [6.45, 7) is 4.73. The summed E-state index contributed by atoms with van der Waals surface area (Å²) in [6.07, 6.45) is 12.2. The van der Waals surface area contributed by atoms with Crippen molar-refractivity contribution in [2.75, 3.05) is 0 Å². The zero-order valence-corrected chi connectivity index (χ0v) is 21.4. The number of benzene rings is 2. The van der Waals surface area contributed by atoms with Gasteiger partial charge in [-0.2, -0.15) is 0 Å². The van der Waals surface area contributed by atoms with Crippen LogP contribution in [0.1, 0.15) is 107 Å². The van der Waals surface area contributed by atoms with Crippen molar-refractivity contribution in [1.29, 1.82) is 0 Å². The molecular weight excluding hydrogens is 416 g/mol. The van der Waals surface area contributed by atoms with Gasteiger partial charge in [-0.3, -0.25) is 0 Å². The van der Waals surface area contributed by atoms with Gasteiger partial charge in [-0.05, 0) is 79.7 Å². The fraction of sp³-hybridized carbons (Fsp3) is 0.625. The van der Waals surface area contributed by atoms with Crippen molar-refractivity contribution in [2.45, 2.75) is 109 Å². The minimum absolute atomic E-state index is 0.228. The second kappa shape index (κ2) is 11.9. The third-order valence-electron chi connectivity index (χ3n) is 9.61. The molecule has 2 aliphatic rings. The van der Waals surface area contributed by atoms with Crippen molar-refractivity contribution in [3.8, 4) is 0 Å². The van der Waals surface area contributed by atoms with Gasteiger partial charge in [-0.25, -0.2) is 0 Å². The molecule has 0 bridgehead atoms. The first kappa shape index (κ1) is 25.5. The maximum absolute atomic E-state index is 11.0. The quantitative estimate of drug-likeness (QED) is 0.372. The number of hydrogen-bond donors (Lipinski definition) is 2. The van der Waals surface area contributed by atoms with Crippen LogP contribution in [0.3, 0.4) is 0 Å². The van der Waals surface area contributed by atoms with Crippen LogP contribution in [0.15, 0.2) is 60.7 Å². The van der Waals surface area contributed by atoms with Gasteiger partial charge in [0.25, 0.3) is 0 Å². The highest BCUT2D eigenvalue weighted by Gasteiger charge is 2.48. The molecule has 2 saturated carbocycles. The van der Waals surface area contributed by atoms with E-state index in [2.05, 4.69) is 74.5 Å². The number of rotatable bonds is 9. The molecular formula is C32H46O2. The third kappa shape index (κ3) is 5.44. The van der Waals surface area contributed by atoms with Gasteiger partial charge >= 0.3 is 0 Å². The highest BCUT2D eigenvalue weighted by molar-refractivity contribution is 5.24. The Kier molecular flexibility index (Phi) is 8.88. The van der Waals surface area contributed by atoms with E-state index < -0.39 is 0 Å². The highest BCUT2D eigenvalue weighted by Crippen LogP contribution is 2.57. The predicted molar refractivity (Wildman–Crippen MR) is 142 cm³/mol. The zero-order valence-electron chi connectivity index (χ0n) is 21.4. The summed E-state index contributed by atoms with van der Waals surface area (Å²) >= 11 is 0. The second-order valence-electron chi connectivity index (χ2n) is 11.2. The van der Waals surface area contributed by atoms with E-state index in [1.54, 1.807) is 0 Å². The van der Waals surface area contributed by atoms with Gasteiger partial charge in [-0.15, -0.1) is 0 Å². The Hall–Kier alpha value is -1.64. The fourth-order valence-electron chi connectivity index (χ4n) is 7.67. The maximum Gasteiger partial charge on any atom is 0.0608 e. The van der Waals surface area contributed by atoms with Gasteiger partial charge < -0.3 is 10.2 Å². The van der Waals surface area contributed by atoms with Crippen LogP contribution in [0.4, 0.5) is 0 Å². The van der Waals surface area contributed by atoms with E-state index in [-0.39, 0.29) is 24.0 Å². The monoisotopic (exact) mass is 462 g/mol. The zero-order chi connectivity index (χ0) is 24.0.